The highest BCUT2D eigenvalue weighted by Crippen LogP contribution is 2.26. The van der Waals surface area contributed by atoms with Gasteiger partial charge in [0.05, 0.1) is 12.2 Å². The van der Waals surface area contributed by atoms with Crippen molar-refractivity contribution < 1.29 is 4.74 Å². The first-order valence-electron chi connectivity index (χ1n) is 5.83. The van der Waals surface area contributed by atoms with Crippen LogP contribution in [0.3, 0.4) is 0 Å². The van der Waals surface area contributed by atoms with Crippen molar-refractivity contribution >= 4 is 5.84 Å². The first-order chi connectivity index (χ1) is 7.77. The van der Waals surface area contributed by atoms with E-state index in [1.54, 1.807) is 0 Å². The zero-order valence-electron chi connectivity index (χ0n) is 9.41. The molecule has 0 radical (unpaired) electrons. The van der Waals surface area contributed by atoms with Gasteiger partial charge in [0.15, 0.2) is 0 Å². The highest BCUT2D eigenvalue weighted by Gasteiger charge is 2.16. The number of ether oxygens (including phenoxy) is 1. The molecule has 1 aromatic rings. The van der Waals surface area contributed by atoms with Crippen molar-refractivity contribution in [3.05, 3.63) is 29.8 Å². The van der Waals surface area contributed by atoms with Gasteiger partial charge in [0.1, 0.15) is 11.6 Å². The van der Waals surface area contributed by atoms with Gasteiger partial charge in [0.2, 0.25) is 0 Å². The molecule has 0 bridgehead atoms. The van der Waals surface area contributed by atoms with E-state index in [-0.39, 0.29) is 5.84 Å². The lowest BCUT2D eigenvalue weighted by molar-refractivity contribution is 0.252. The van der Waals surface area contributed by atoms with Crippen molar-refractivity contribution in [2.75, 3.05) is 6.61 Å². The van der Waals surface area contributed by atoms with Gasteiger partial charge in [0, 0.05) is 0 Å². The summed E-state index contributed by atoms with van der Waals surface area (Å²) in [7, 11) is 0. The van der Waals surface area contributed by atoms with Crippen LogP contribution in [-0.2, 0) is 0 Å². The van der Waals surface area contributed by atoms with Crippen molar-refractivity contribution in [3.63, 3.8) is 0 Å². The van der Waals surface area contributed by atoms with Gasteiger partial charge in [-0.2, -0.15) is 0 Å². The number of benzene rings is 1. The van der Waals surface area contributed by atoms with Crippen molar-refractivity contribution in [2.24, 2.45) is 11.7 Å². The molecular formula is C13H18N2O. The molecule has 0 spiro atoms. The minimum absolute atomic E-state index is 0.0713. The Balaban J connectivity index is 2.00. The molecule has 1 aliphatic rings. The van der Waals surface area contributed by atoms with Crippen LogP contribution in [0.1, 0.15) is 31.2 Å². The lowest BCUT2D eigenvalue weighted by atomic mass is 10.1. The molecule has 1 saturated carbocycles. The Bertz CT molecular complexity index is 370. The Morgan fingerprint density at radius 2 is 2.00 bits per heavy atom. The van der Waals surface area contributed by atoms with Crippen molar-refractivity contribution in [1.29, 1.82) is 5.41 Å². The number of nitrogen functional groups attached to an aromatic ring is 1. The molecule has 3 nitrogen and oxygen atoms in total. The average Bonchev–Trinajstić information content (AvgIpc) is 2.79. The van der Waals surface area contributed by atoms with E-state index in [2.05, 4.69) is 0 Å². The first kappa shape index (κ1) is 11.0. The molecule has 1 fully saturated rings. The lowest BCUT2D eigenvalue weighted by Gasteiger charge is -2.13. The molecular weight excluding hydrogens is 200 g/mol. The fourth-order valence-corrected chi connectivity index (χ4v) is 2.20. The molecule has 0 aromatic heterocycles. The van der Waals surface area contributed by atoms with Gasteiger partial charge >= 0.3 is 0 Å². The molecule has 16 heavy (non-hydrogen) atoms. The fraction of sp³-hybridized carbons (Fsp3) is 0.462. The first-order valence-corrected chi connectivity index (χ1v) is 5.83. The van der Waals surface area contributed by atoms with E-state index in [0.29, 0.717) is 11.5 Å². The number of hydrogen-bond acceptors (Lipinski definition) is 2. The number of para-hydroxylation sites is 1. The summed E-state index contributed by atoms with van der Waals surface area (Å²) >= 11 is 0. The van der Waals surface area contributed by atoms with E-state index in [0.717, 1.165) is 12.4 Å². The van der Waals surface area contributed by atoms with Gasteiger partial charge in [-0.15, -0.1) is 0 Å². The summed E-state index contributed by atoms with van der Waals surface area (Å²) < 4.78 is 5.76. The van der Waals surface area contributed by atoms with E-state index in [9.17, 15) is 0 Å². The topological polar surface area (TPSA) is 59.1 Å². The van der Waals surface area contributed by atoms with Crippen LogP contribution >= 0.6 is 0 Å². The van der Waals surface area contributed by atoms with Crippen LogP contribution in [0.2, 0.25) is 0 Å². The number of rotatable bonds is 4. The van der Waals surface area contributed by atoms with Gasteiger partial charge < -0.3 is 10.5 Å². The van der Waals surface area contributed by atoms with Crippen LogP contribution in [0.15, 0.2) is 24.3 Å². The summed E-state index contributed by atoms with van der Waals surface area (Å²) in [4.78, 5) is 0. The third kappa shape index (κ3) is 2.54. The molecule has 3 N–H and O–H groups in total. The predicted molar refractivity (Wildman–Crippen MR) is 64.9 cm³/mol. The van der Waals surface area contributed by atoms with Gasteiger partial charge in [-0.05, 0) is 30.9 Å². The summed E-state index contributed by atoms with van der Waals surface area (Å²) in [5.74, 6) is 1.49. The third-order valence-corrected chi connectivity index (χ3v) is 3.13. The van der Waals surface area contributed by atoms with Gasteiger partial charge in [-0.3, -0.25) is 5.41 Å². The van der Waals surface area contributed by atoms with Crippen LogP contribution in [0.5, 0.6) is 5.75 Å². The van der Waals surface area contributed by atoms with E-state index >= 15 is 0 Å². The quantitative estimate of drug-likeness (QED) is 0.602. The van der Waals surface area contributed by atoms with Gasteiger partial charge in [-0.1, -0.05) is 25.0 Å². The maximum atomic E-state index is 7.46. The number of nitrogens with one attached hydrogen (secondary N) is 1. The van der Waals surface area contributed by atoms with Crippen LogP contribution in [-0.4, -0.2) is 12.4 Å². The molecule has 1 aromatic carbocycles. The summed E-state index contributed by atoms with van der Waals surface area (Å²) in [6.45, 7) is 0.754. The highest BCUT2D eigenvalue weighted by molar-refractivity contribution is 5.97. The smallest absolute Gasteiger partial charge is 0.130 e. The summed E-state index contributed by atoms with van der Waals surface area (Å²) in [5.41, 5.74) is 6.20. The van der Waals surface area contributed by atoms with Gasteiger partial charge in [0.25, 0.3) is 0 Å². The Morgan fingerprint density at radius 3 is 2.69 bits per heavy atom. The number of nitrogens with two attached hydrogens (primary N) is 1. The van der Waals surface area contributed by atoms with Crippen molar-refractivity contribution in [2.45, 2.75) is 25.7 Å². The molecule has 0 saturated heterocycles. The molecule has 0 heterocycles. The zero-order valence-corrected chi connectivity index (χ0v) is 9.41. The van der Waals surface area contributed by atoms with Crippen LogP contribution < -0.4 is 10.5 Å². The van der Waals surface area contributed by atoms with E-state index in [1.165, 1.54) is 25.7 Å². The summed E-state index contributed by atoms with van der Waals surface area (Å²) in [5, 5.41) is 7.46. The number of hydrogen-bond donors (Lipinski definition) is 2. The summed E-state index contributed by atoms with van der Waals surface area (Å²) in [6.07, 6.45) is 5.18. The van der Waals surface area contributed by atoms with E-state index in [4.69, 9.17) is 15.9 Å². The van der Waals surface area contributed by atoms with E-state index < -0.39 is 0 Å². The third-order valence-electron chi connectivity index (χ3n) is 3.13. The molecule has 2 rings (SSSR count). The minimum Gasteiger partial charge on any atom is -0.493 e. The second kappa shape index (κ2) is 5.01. The second-order valence-corrected chi connectivity index (χ2v) is 4.37. The Morgan fingerprint density at radius 1 is 1.31 bits per heavy atom. The molecule has 3 heteroatoms. The zero-order chi connectivity index (χ0) is 11.4. The standard InChI is InChI=1S/C13H18N2O/c14-13(15)11-7-3-4-8-12(11)16-9-10-5-1-2-6-10/h3-4,7-8,10H,1-2,5-6,9H2,(H3,14,15). The Kier molecular flexibility index (Phi) is 3.44. The maximum absolute atomic E-state index is 7.46. The highest BCUT2D eigenvalue weighted by atomic mass is 16.5. The van der Waals surface area contributed by atoms with E-state index in [1.807, 2.05) is 24.3 Å². The molecule has 86 valence electrons. The molecule has 0 aliphatic heterocycles. The Labute approximate surface area is 96.1 Å². The fourth-order valence-electron chi connectivity index (χ4n) is 2.20. The SMILES string of the molecule is N=C(N)c1ccccc1OCC1CCCC1. The normalized spacial score (nSPS) is 16.2. The monoisotopic (exact) mass is 218 g/mol. The average molecular weight is 218 g/mol. The molecule has 0 atom stereocenters. The summed E-state index contributed by atoms with van der Waals surface area (Å²) in [6, 6.07) is 7.49. The lowest BCUT2D eigenvalue weighted by Crippen LogP contribution is -2.15. The Hall–Kier alpha value is -1.51. The van der Waals surface area contributed by atoms with Crippen LogP contribution in [0.25, 0.3) is 0 Å². The minimum atomic E-state index is 0.0713. The molecule has 1 aliphatic carbocycles. The van der Waals surface area contributed by atoms with Crippen molar-refractivity contribution in [1.82, 2.24) is 0 Å². The van der Waals surface area contributed by atoms with Crippen LogP contribution in [0.4, 0.5) is 0 Å². The number of amidine groups is 1. The van der Waals surface area contributed by atoms with Gasteiger partial charge in [-0.25, -0.2) is 0 Å². The van der Waals surface area contributed by atoms with Crippen LogP contribution in [0, 0.1) is 11.3 Å². The molecule has 0 unspecified atom stereocenters. The predicted octanol–water partition coefficient (Wildman–Crippen LogP) is 2.54. The second-order valence-electron chi connectivity index (χ2n) is 4.37. The maximum Gasteiger partial charge on any atom is 0.130 e. The van der Waals surface area contributed by atoms with Crippen molar-refractivity contribution in [3.8, 4) is 5.75 Å². The largest absolute Gasteiger partial charge is 0.493 e. The molecule has 0 amide bonds.